The van der Waals surface area contributed by atoms with Gasteiger partial charge in [-0.25, -0.2) is 4.79 Å². The Hall–Kier alpha value is -2.40. The van der Waals surface area contributed by atoms with Gasteiger partial charge in [0, 0.05) is 16.7 Å². The molecule has 0 fully saturated rings. The first-order valence-electron chi connectivity index (χ1n) is 6.23. The van der Waals surface area contributed by atoms with Crippen molar-refractivity contribution in [3.05, 3.63) is 59.5 Å². The van der Waals surface area contributed by atoms with Crippen LogP contribution in [0.25, 0.3) is 11.4 Å². The molecule has 1 aromatic carbocycles. The third-order valence-corrected chi connectivity index (χ3v) is 2.70. The van der Waals surface area contributed by atoms with E-state index in [1.165, 1.54) is 6.08 Å². The maximum absolute atomic E-state index is 11.4. The largest absolute Gasteiger partial charge is 0.452 e. The summed E-state index contributed by atoms with van der Waals surface area (Å²) in [7, 11) is 0. The Balaban J connectivity index is 1.94. The van der Waals surface area contributed by atoms with Crippen molar-refractivity contribution in [1.82, 2.24) is 10.1 Å². The molecule has 0 amide bonds. The molecule has 1 aromatic heterocycles. The van der Waals surface area contributed by atoms with E-state index in [4.69, 9.17) is 20.9 Å². The van der Waals surface area contributed by atoms with Gasteiger partial charge in [0.1, 0.15) is 0 Å². The standard InChI is InChI=1S/C15H13ClN2O3/c1-2-3-4-5-14(19)20-10-13-17-15(18-21-13)11-6-8-12(16)9-7-11/h2-9H,10H2,1H3/b3-2+,5-4+. The van der Waals surface area contributed by atoms with Crippen LogP contribution in [0, 0.1) is 0 Å². The van der Waals surface area contributed by atoms with E-state index in [-0.39, 0.29) is 12.5 Å². The molecule has 21 heavy (non-hydrogen) atoms. The van der Waals surface area contributed by atoms with Gasteiger partial charge in [-0.3, -0.25) is 0 Å². The van der Waals surface area contributed by atoms with Crippen molar-refractivity contribution in [3.63, 3.8) is 0 Å². The number of esters is 1. The quantitative estimate of drug-likeness (QED) is 0.480. The predicted molar refractivity (Wildman–Crippen MR) is 78.5 cm³/mol. The molecule has 2 rings (SSSR count). The maximum atomic E-state index is 11.4. The van der Waals surface area contributed by atoms with Crippen molar-refractivity contribution in [2.75, 3.05) is 0 Å². The molecule has 6 heteroatoms. The summed E-state index contributed by atoms with van der Waals surface area (Å²) in [5.74, 6) is 0.175. The van der Waals surface area contributed by atoms with E-state index in [0.29, 0.717) is 10.8 Å². The minimum atomic E-state index is -0.473. The summed E-state index contributed by atoms with van der Waals surface area (Å²) in [5.41, 5.74) is 0.772. The molecule has 1 heterocycles. The second kappa shape index (κ2) is 7.40. The third kappa shape index (κ3) is 4.57. The summed E-state index contributed by atoms with van der Waals surface area (Å²) in [6.45, 7) is 1.78. The fourth-order valence-electron chi connectivity index (χ4n) is 1.46. The average Bonchev–Trinajstić information content (AvgIpc) is 2.95. The highest BCUT2D eigenvalue weighted by molar-refractivity contribution is 6.30. The monoisotopic (exact) mass is 304 g/mol. The highest BCUT2D eigenvalue weighted by Crippen LogP contribution is 2.18. The van der Waals surface area contributed by atoms with Crippen molar-refractivity contribution in [3.8, 4) is 11.4 Å². The van der Waals surface area contributed by atoms with E-state index in [9.17, 15) is 4.79 Å². The van der Waals surface area contributed by atoms with Crippen LogP contribution in [0.1, 0.15) is 12.8 Å². The zero-order valence-corrected chi connectivity index (χ0v) is 12.1. The number of carbonyl (C=O) groups excluding carboxylic acids is 1. The Kier molecular flexibility index (Phi) is 5.29. The summed E-state index contributed by atoms with van der Waals surface area (Å²) in [4.78, 5) is 15.5. The normalized spacial score (nSPS) is 11.3. The molecule has 0 saturated carbocycles. The summed E-state index contributed by atoms with van der Waals surface area (Å²) in [5, 5.41) is 4.45. The molecule has 0 N–H and O–H groups in total. The number of ether oxygens (including phenoxy) is 1. The second-order valence-corrected chi connectivity index (χ2v) is 4.45. The van der Waals surface area contributed by atoms with Gasteiger partial charge < -0.3 is 9.26 Å². The van der Waals surface area contributed by atoms with E-state index in [1.54, 1.807) is 42.5 Å². The van der Waals surface area contributed by atoms with Crippen LogP contribution in [0.15, 0.2) is 53.1 Å². The molecule has 2 aromatic rings. The smallest absolute Gasteiger partial charge is 0.331 e. The fourth-order valence-corrected chi connectivity index (χ4v) is 1.58. The topological polar surface area (TPSA) is 65.2 Å². The Morgan fingerprint density at radius 2 is 2.10 bits per heavy atom. The molecule has 0 unspecified atom stereocenters. The van der Waals surface area contributed by atoms with Gasteiger partial charge >= 0.3 is 5.97 Å². The minimum absolute atomic E-state index is 0.0698. The van der Waals surface area contributed by atoms with Crippen LogP contribution >= 0.6 is 11.6 Å². The zero-order valence-electron chi connectivity index (χ0n) is 11.3. The first kappa shape index (κ1) is 15.0. The van der Waals surface area contributed by atoms with Crippen LogP contribution in [0.2, 0.25) is 5.02 Å². The summed E-state index contributed by atoms with van der Waals surface area (Å²) < 4.78 is 9.98. The van der Waals surface area contributed by atoms with Gasteiger partial charge in [-0.2, -0.15) is 4.98 Å². The Morgan fingerprint density at radius 3 is 2.81 bits per heavy atom. The molecule has 5 nitrogen and oxygen atoms in total. The van der Waals surface area contributed by atoms with Gasteiger partial charge in [-0.15, -0.1) is 0 Å². The molecule has 108 valence electrons. The maximum Gasteiger partial charge on any atom is 0.331 e. The van der Waals surface area contributed by atoms with Crippen LogP contribution in [-0.2, 0) is 16.1 Å². The highest BCUT2D eigenvalue weighted by atomic mass is 35.5. The predicted octanol–water partition coefficient (Wildman–Crippen LogP) is 3.57. The second-order valence-electron chi connectivity index (χ2n) is 4.01. The number of benzene rings is 1. The van der Waals surface area contributed by atoms with Gasteiger partial charge in [0.25, 0.3) is 5.89 Å². The van der Waals surface area contributed by atoms with Crippen molar-refractivity contribution < 1.29 is 14.1 Å². The first-order chi connectivity index (χ1) is 10.2. The van der Waals surface area contributed by atoms with E-state index < -0.39 is 5.97 Å². The Bertz CT molecular complexity index is 660. The number of hydrogen-bond acceptors (Lipinski definition) is 5. The minimum Gasteiger partial charge on any atom is -0.452 e. The van der Waals surface area contributed by atoms with Crippen molar-refractivity contribution >= 4 is 17.6 Å². The van der Waals surface area contributed by atoms with E-state index in [0.717, 1.165) is 5.56 Å². The molecule has 0 atom stereocenters. The van der Waals surface area contributed by atoms with E-state index in [2.05, 4.69) is 10.1 Å². The van der Waals surface area contributed by atoms with Crippen LogP contribution in [-0.4, -0.2) is 16.1 Å². The molecule has 0 aliphatic carbocycles. The van der Waals surface area contributed by atoms with Crippen molar-refractivity contribution in [2.45, 2.75) is 13.5 Å². The average molecular weight is 305 g/mol. The summed E-state index contributed by atoms with van der Waals surface area (Å²) >= 11 is 5.81. The molecule has 0 aliphatic heterocycles. The van der Waals surface area contributed by atoms with Crippen LogP contribution in [0.3, 0.4) is 0 Å². The highest BCUT2D eigenvalue weighted by Gasteiger charge is 2.09. The molecule has 0 saturated heterocycles. The fraction of sp³-hybridized carbons (Fsp3) is 0.133. The Morgan fingerprint density at radius 1 is 1.33 bits per heavy atom. The molecule has 0 bridgehead atoms. The van der Waals surface area contributed by atoms with Gasteiger partial charge in [0.15, 0.2) is 6.61 Å². The lowest BCUT2D eigenvalue weighted by Crippen LogP contribution is -2.00. The molecule has 0 spiro atoms. The molecular weight excluding hydrogens is 292 g/mol. The van der Waals surface area contributed by atoms with E-state index in [1.807, 2.05) is 6.92 Å². The lowest BCUT2D eigenvalue weighted by Gasteiger charge is -1.95. The van der Waals surface area contributed by atoms with E-state index >= 15 is 0 Å². The number of carbonyl (C=O) groups is 1. The summed E-state index contributed by atoms with van der Waals surface area (Å²) in [6.07, 6.45) is 6.44. The molecular formula is C15H13ClN2O3. The number of allylic oxidation sites excluding steroid dienone is 3. The van der Waals surface area contributed by atoms with Crippen LogP contribution < -0.4 is 0 Å². The lowest BCUT2D eigenvalue weighted by atomic mass is 10.2. The SMILES string of the molecule is C/C=C/C=C/C(=O)OCc1nc(-c2ccc(Cl)cc2)no1. The van der Waals surface area contributed by atoms with Gasteiger partial charge in [-0.1, -0.05) is 35.0 Å². The molecule has 0 aliphatic rings. The van der Waals surface area contributed by atoms with Gasteiger partial charge in [-0.05, 0) is 31.2 Å². The Labute approximate surface area is 126 Å². The number of hydrogen-bond donors (Lipinski definition) is 0. The van der Waals surface area contributed by atoms with Crippen LogP contribution in [0.5, 0.6) is 0 Å². The van der Waals surface area contributed by atoms with Crippen molar-refractivity contribution in [2.24, 2.45) is 0 Å². The zero-order chi connectivity index (χ0) is 15.1. The number of nitrogens with zero attached hydrogens (tertiary/aromatic N) is 2. The van der Waals surface area contributed by atoms with Gasteiger partial charge in [0.05, 0.1) is 0 Å². The third-order valence-electron chi connectivity index (χ3n) is 2.44. The van der Waals surface area contributed by atoms with Crippen molar-refractivity contribution in [1.29, 1.82) is 0 Å². The lowest BCUT2D eigenvalue weighted by molar-refractivity contribution is -0.139. The molecule has 0 radical (unpaired) electrons. The number of halogens is 1. The van der Waals surface area contributed by atoms with Gasteiger partial charge in [0.2, 0.25) is 5.82 Å². The number of aromatic nitrogens is 2. The number of rotatable bonds is 5. The summed E-state index contributed by atoms with van der Waals surface area (Å²) in [6, 6.07) is 7.03. The first-order valence-corrected chi connectivity index (χ1v) is 6.61. The van der Waals surface area contributed by atoms with Crippen LogP contribution in [0.4, 0.5) is 0 Å².